The third kappa shape index (κ3) is 4.68. The molecule has 0 radical (unpaired) electrons. The van der Waals surface area contributed by atoms with Gasteiger partial charge in [0, 0.05) is 31.4 Å². The molecule has 0 aliphatic rings. The first kappa shape index (κ1) is 18.2. The third-order valence-corrected chi connectivity index (χ3v) is 4.00. The molecule has 0 saturated heterocycles. The van der Waals surface area contributed by atoms with Crippen LogP contribution in [0.4, 0.5) is 0 Å². The van der Waals surface area contributed by atoms with E-state index in [1.165, 1.54) is 5.56 Å². The highest BCUT2D eigenvalue weighted by atomic mass is 16.2. The molecule has 2 aromatic rings. The summed E-state index contributed by atoms with van der Waals surface area (Å²) in [6.07, 6.45) is 3.62. The summed E-state index contributed by atoms with van der Waals surface area (Å²) in [5.41, 5.74) is 2.37. The van der Waals surface area contributed by atoms with Crippen molar-refractivity contribution in [1.82, 2.24) is 19.8 Å². The molecule has 1 N–H and O–H groups in total. The maximum absolute atomic E-state index is 12.4. The molecule has 5 heteroatoms. The lowest BCUT2D eigenvalue weighted by molar-refractivity contribution is -0.124. The molecule has 1 atom stereocenters. The number of rotatable bonds is 7. The Labute approximate surface area is 144 Å². The van der Waals surface area contributed by atoms with Crippen LogP contribution in [0.15, 0.2) is 36.7 Å². The molecule has 2 rings (SSSR count). The number of amides is 1. The van der Waals surface area contributed by atoms with Crippen molar-refractivity contribution in [2.24, 2.45) is 0 Å². The van der Waals surface area contributed by atoms with Crippen molar-refractivity contribution >= 4 is 5.91 Å². The second-order valence-electron chi connectivity index (χ2n) is 6.80. The molecule has 1 heterocycles. The standard InChI is InChI=1S/C19H28N4O/c1-14(2)18-20-10-11-23(18)15(3)19(24)21-12-16-6-8-17(9-7-16)13-22(4)5/h6-11,14-15H,12-13H2,1-5H3,(H,21,24)/t15-/m0/s1. The summed E-state index contributed by atoms with van der Waals surface area (Å²) in [7, 11) is 4.11. The van der Waals surface area contributed by atoms with Gasteiger partial charge in [0.05, 0.1) is 0 Å². The quantitative estimate of drug-likeness (QED) is 0.850. The van der Waals surface area contributed by atoms with Gasteiger partial charge in [0.15, 0.2) is 0 Å². The molecule has 0 aliphatic heterocycles. The van der Waals surface area contributed by atoms with Crippen LogP contribution < -0.4 is 5.32 Å². The lowest BCUT2D eigenvalue weighted by Gasteiger charge is -2.18. The number of benzene rings is 1. The first-order valence-electron chi connectivity index (χ1n) is 8.41. The highest BCUT2D eigenvalue weighted by Gasteiger charge is 2.18. The van der Waals surface area contributed by atoms with Gasteiger partial charge in [0.2, 0.25) is 5.91 Å². The van der Waals surface area contributed by atoms with Crippen LogP contribution in [0.25, 0.3) is 0 Å². The predicted octanol–water partition coefficient (Wildman–Crippen LogP) is 2.95. The van der Waals surface area contributed by atoms with Gasteiger partial charge in [0.1, 0.15) is 11.9 Å². The molecule has 24 heavy (non-hydrogen) atoms. The highest BCUT2D eigenvalue weighted by Crippen LogP contribution is 2.17. The highest BCUT2D eigenvalue weighted by molar-refractivity contribution is 5.79. The molecule has 1 amide bonds. The van der Waals surface area contributed by atoms with Crippen LogP contribution in [-0.4, -0.2) is 34.5 Å². The molecule has 0 fully saturated rings. The minimum absolute atomic E-state index is 0.00673. The lowest BCUT2D eigenvalue weighted by atomic mass is 10.1. The van der Waals surface area contributed by atoms with E-state index in [1.807, 2.05) is 17.7 Å². The zero-order valence-electron chi connectivity index (χ0n) is 15.3. The Hall–Kier alpha value is -2.14. The van der Waals surface area contributed by atoms with Crippen LogP contribution in [0.1, 0.15) is 49.7 Å². The van der Waals surface area contributed by atoms with Gasteiger partial charge in [0.25, 0.3) is 0 Å². The first-order valence-corrected chi connectivity index (χ1v) is 8.41. The third-order valence-electron chi connectivity index (χ3n) is 4.00. The first-order chi connectivity index (χ1) is 11.4. The zero-order valence-corrected chi connectivity index (χ0v) is 15.3. The second kappa shape index (κ2) is 8.11. The molecule has 0 saturated carbocycles. The Morgan fingerprint density at radius 2 is 1.79 bits per heavy atom. The topological polar surface area (TPSA) is 50.2 Å². The summed E-state index contributed by atoms with van der Waals surface area (Å²) >= 11 is 0. The lowest BCUT2D eigenvalue weighted by Crippen LogP contribution is -2.31. The van der Waals surface area contributed by atoms with Crippen LogP contribution in [0.2, 0.25) is 0 Å². The number of nitrogens with zero attached hydrogens (tertiary/aromatic N) is 3. The fourth-order valence-electron chi connectivity index (χ4n) is 2.69. The summed E-state index contributed by atoms with van der Waals surface area (Å²) in [5.74, 6) is 1.23. The van der Waals surface area contributed by atoms with Crippen LogP contribution in [-0.2, 0) is 17.9 Å². The van der Waals surface area contributed by atoms with Crippen LogP contribution in [0.3, 0.4) is 0 Å². The summed E-state index contributed by atoms with van der Waals surface area (Å²) in [5, 5.41) is 3.02. The predicted molar refractivity (Wildman–Crippen MR) is 96.7 cm³/mol. The van der Waals surface area contributed by atoms with Crippen molar-refractivity contribution in [1.29, 1.82) is 0 Å². The van der Waals surface area contributed by atoms with Crippen molar-refractivity contribution < 1.29 is 4.79 Å². The van der Waals surface area contributed by atoms with E-state index in [-0.39, 0.29) is 11.9 Å². The van der Waals surface area contributed by atoms with E-state index < -0.39 is 0 Å². The number of imidazole rings is 1. The molecule has 0 spiro atoms. The average Bonchev–Trinajstić information content (AvgIpc) is 3.02. The van der Waals surface area contributed by atoms with Gasteiger partial charge in [-0.2, -0.15) is 0 Å². The largest absolute Gasteiger partial charge is 0.350 e. The molecular weight excluding hydrogens is 300 g/mol. The molecule has 0 unspecified atom stereocenters. The van der Waals surface area contributed by atoms with Crippen LogP contribution in [0, 0.1) is 0 Å². The molecule has 1 aromatic carbocycles. The van der Waals surface area contributed by atoms with Gasteiger partial charge in [-0.1, -0.05) is 38.1 Å². The number of hydrogen-bond donors (Lipinski definition) is 1. The van der Waals surface area contributed by atoms with E-state index >= 15 is 0 Å². The number of carbonyl (C=O) groups excluding carboxylic acids is 1. The SMILES string of the molecule is CC(C)c1nccn1[C@@H](C)C(=O)NCc1ccc(CN(C)C)cc1. The van der Waals surface area contributed by atoms with Crippen molar-refractivity contribution in [3.8, 4) is 0 Å². The molecule has 1 aromatic heterocycles. The minimum Gasteiger partial charge on any atom is -0.350 e. The summed E-state index contributed by atoms with van der Waals surface area (Å²) in [4.78, 5) is 18.9. The maximum atomic E-state index is 12.4. The Morgan fingerprint density at radius 1 is 1.17 bits per heavy atom. The number of aromatic nitrogens is 2. The maximum Gasteiger partial charge on any atom is 0.243 e. The van der Waals surface area contributed by atoms with Gasteiger partial charge >= 0.3 is 0 Å². The molecular formula is C19H28N4O. The Morgan fingerprint density at radius 3 is 2.38 bits per heavy atom. The number of hydrogen-bond acceptors (Lipinski definition) is 3. The van der Waals surface area contributed by atoms with Crippen molar-refractivity contribution in [2.75, 3.05) is 14.1 Å². The Balaban J connectivity index is 1.93. The van der Waals surface area contributed by atoms with E-state index in [1.54, 1.807) is 6.20 Å². The average molecular weight is 328 g/mol. The van der Waals surface area contributed by atoms with E-state index in [0.29, 0.717) is 12.5 Å². The molecule has 0 bridgehead atoms. The van der Waals surface area contributed by atoms with E-state index in [9.17, 15) is 4.79 Å². The van der Waals surface area contributed by atoms with Crippen molar-refractivity contribution in [3.05, 3.63) is 53.6 Å². The fourth-order valence-corrected chi connectivity index (χ4v) is 2.69. The zero-order chi connectivity index (χ0) is 17.7. The van der Waals surface area contributed by atoms with Crippen molar-refractivity contribution in [2.45, 2.75) is 45.8 Å². The van der Waals surface area contributed by atoms with Crippen molar-refractivity contribution in [3.63, 3.8) is 0 Å². The second-order valence-corrected chi connectivity index (χ2v) is 6.80. The smallest absolute Gasteiger partial charge is 0.243 e. The Kier molecular flexibility index (Phi) is 6.15. The van der Waals surface area contributed by atoms with E-state index in [2.05, 4.69) is 67.4 Å². The van der Waals surface area contributed by atoms with Crippen LogP contribution in [0.5, 0.6) is 0 Å². The summed E-state index contributed by atoms with van der Waals surface area (Å²) in [6, 6.07) is 8.09. The summed E-state index contributed by atoms with van der Waals surface area (Å²) in [6.45, 7) is 7.53. The fraction of sp³-hybridized carbons (Fsp3) is 0.474. The van der Waals surface area contributed by atoms with E-state index in [4.69, 9.17) is 0 Å². The minimum atomic E-state index is -0.266. The van der Waals surface area contributed by atoms with Gasteiger partial charge in [-0.25, -0.2) is 4.98 Å². The van der Waals surface area contributed by atoms with Gasteiger partial charge < -0.3 is 14.8 Å². The molecule has 130 valence electrons. The number of nitrogens with one attached hydrogen (secondary N) is 1. The van der Waals surface area contributed by atoms with Gasteiger partial charge in [-0.15, -0.1) is 0 Å². The van der Waals surface area contributed by atoms with E-state index in [0.717, 1.165) is 17.9 Å². The number of carbonyl (C=O) groups is 1. The van der Waals surface area contributed by atoms with Gasteiger partial charge in [-0.3, -0.25) is 4.79 Å². The van der Waals surface area contributed by atoms with Gasteiger partial charge in [-0.05, 0) is 32.1 Å². The summed E-state index contributed by atoms with van der Waals surface area (Å²) < 4.78 is 1.94. The molecule has 0 aliphatic carbocycles. The normalized spacial score (nSPS) is 12.6. The Bertz CT molecular complexity index is 658. The molecule has 5 nitrogen and oxygen atoms in total. The van der Waals surface area contributed by atoms with Crippen LogP contribution >= 0.6 is 0 Å². The monoisotopic (exact) mass is 328 g/mol.